The lowest BCUT2D eigenvalue weighted by atomic mass is 10.1. The zero-order valence-electron chi connectivity index (χ0n) is 11.7. The summed E-state index contributed by atoms with van der Waals surface area (Å²) in [5.41, 5.74) is 6.81. The molecule has 0 saturated heterocycles. The number of nitrogens with two attached hydrogens (primary N) is 1. The molecular formula is C16H16BrN3O. The smallest absolute Gasteiger partial charge is 0.139 e. The molecule has 0 bridgehead atoms. The predicted molar refractivity (Wildman–Crippen MR) is 87.3 cm³/mol. The van der Waals surface area contributed by atoms with E-state index in [2.05, 4.69) is 33.2 Å². The number of nitrogens with zero attached hydrogens (tertiary/aromatic N) is 2. The van der Waals surface area contributed by atoms with E-state index in [0.29, 0.717) is 6.54 Å². The third-order valence-electron chi connectivity index (χ3n) is 3.36. The van der Waals surface area contributed by atoms with E-state index in [4.69, 9.17) is 10.5 Å². The fraction of sp³-hybridized carbons (Fsp3) is 0.188. The first-order valence-electron chi connectivity index (χ1n) is 6.70. The lowest BCUT2D eigenvalue weighted by molar-refractivity contribution is 0.214. The summed E-state index contributed by atoms with van der Waals surface area (Å²) in [7, 11) is 1.88. The van der Waals surface area contributed by atoms with Gasteiger partial charge in [0, 0.05) is 29.8 Å². The highest BCUT2D eigenvalue weighted by Gasteiger charge is 2.13. The highest BCUT2D eigenvalue weighted by Crippen LogP contribution is 2.27. The fourth-order valence-corrected chi connectivity index (χ4v) is 2.67. The second kappa shape index (κ2) is 5.87. The first-order chi connectivity index (χ1) is 10.2. The Balaban J connectivity index is 1.87. The van der Waals surface area contributed by atoms with E-state index in [1.54, 1.807) is 10.9 Å². The normalized spacial score (nSPS) is 12.5. The van der Waals surface area contributed by atoms with Crippen molar-refractivity contribution in [1.82, 2.24) is 9.78 Å². The molecule has 3 rings (SSSR count). The van der Waals surface area contributed by atoms with E-state index in [1.165, 1.54) is 5.39 Å². The minimum atomic E-state index is -0.188. The molecule has 0 spiro atoms. The quantitative estimate of drug-likeness (QED) is 0.788. The van der Waals surface area contributed by atoms with Crippen LogP contribution in [0.4, 0.5) is 0 Å². The SMILES string of the molecule is Cn1cc(C(CN)Oc2ccc3cc(Br)ccc3c2)cn1. The summed E-state index contributed by atoms with van der Waals surface area (Å²) < 4.78 is 8.83. The molecule has 0 saturated carbocycles. The monoisotopic (exact) mass is 345 g/mol. The number of hydrogen-bond donors (Lipinski definition) is 1. The van der Waals surface area contributed by atoms with Crippen LogP contribution in [0.15, 0.2) is 53.3 Å². The number of rotatable bonds is 4. The zero-order chi connectivity index (χ0) is 14.8. The molecule has 1 atom stereocenters. The van der Waals surface area contributed by atoms with Gasteiger partial charge in [0.15, 0.2) is 0 Å². The van der Waals surface area contributed by atoms with Crippen molar-refractivity contribution in [3.63, 3.8) is 0 Å². The second-order valence-electron chi connectivity index (χ2n) is 4.94. The maximum Gasteiger partial charge on any atom is 0.139 e. The molecule has 2 N–H and O–H groups in total. The molecule has 4 nitrogen and oxygen atoms in total. The molecule has 0 aliphatic carbocycles. The maximum atomic E-state index is 6.01. The summed E-state index contributed by atoms with van der Waals surface area (Å²) in [6.45, 7) is 0.407. The number of aromatic nitrogens is 2. The summed E-state index contributed by atoms with van der Waals surface area (Å²) in [6.07, 6.45) is 3.53. The van der Waals surface area contributed by atoms with Crippen molar-refractivity contribution in [2.45, 2.75) is 6.10 Å². The summed E-state index contributed by atoms with van der Waals surface area (Å²) in [5.74, 6) is 0.809. The van der Waals surface area contributed by atoms with Crippen LogP contribution in [-0.4, -0.2) is 16.3 Å². The summed E-state index contributed by atoms with van der Waals surface area (Å²) >= 11 is 3.48. The highest BCUT2D eigenvalue weighted by atomic mass is 79.9. The molecule has 0 radical (unpaired) electrons. The number of hydrogen-bond acceptors (Lipinski definition) is 3. The maximum absolute atomic E-state index is 6.01. The molecular weight excluding hydrogens is 330 g/mol. The van der Waals surface area contributed by atoms with Crippen molar-refractivity contribution in [1.29, 1.82) is 0 Å². The number of halogens is 1. The van der Waals surface area contributed by atoms with Crippen molar-refractivity contribution >= 4 is 26.7 Å². The molecule has 108 valence electrons. The Morgan fingerprint density at radius 3 is 2.71 bits per heavy atom. The van der Waals surface area contributed by atoms with Gasteiger partial charge in [0.05, 0.1) is 6.20 Å². The highest BCUT2D eigenvalue weighted by molar-refractivity contribution is 9.10. The largest absolute Gasteiger partial charge is 0.484 e. The molecule has 21 heavy (non-hydrogen) atoms. The minimum absolute atomic E-state index is 0.188. The van der Waals surface area contributed by atoms with Gasteiger partial charge in [-0.05, 0) is 35.0 Å². The van der Waals surface area contributed by atoms with E-state index >= 15 is 0 Å². The summed E-state index contributed by atoms with van der Waals surface area (Å²) in [6, 6.07) is 12.2. The van der Waals surface area contributed by atoms with Gasteiger partial charge in [-0.25, -0.2) is 0 Å². The Morgan fingerprint density at radius 2 is 2.00 bits per heavy atom. The average molecular weight is 346 g/mol. The van der Waals surface area contributed by atoms with Crippen molar-refractivity contribution in [2.75, 3.05) is 6.54 Å². The van der Waals surface area contributed by atoms with Gasteiger partial charge >= 0.3 is 0 Å². The molecule has 0 amide bonds. The number of aryl methyl sites for hydroxylation is 1. The van der Waals surface area contributed by atoms with E-state index in [9.17, 15) is 0 Å². The summed E-state index contributed by atoms with van der Waals surface area (Å²) in [4.78, 5) is 0. The predicted octanol–water partition coefficient (Wildman–Crippen LogP) is 3.41. The first-order valence-corrected chi connectivity index (χ1v) is 7.49. The Bertz CT molecular complexity index is 769. The van der Waals surface area contributed by atoms with Gasteiger partial charge in [-0.15, -0.1) is 0 Å². The first kappa shape index (κ1) is 14.1. The van der Waals surface area contributed by atoms with Crippen LogP contribution in [0, 0.1) is 0 Å². The molecule has 1 aromatic heterocycles. The van der Waals surface area contributed by atoms with Crippen LogP contribution in [0.3, 0.4) is 0 Å². The van der Waals surface area contributed by atoms with Crippen molar-refractivity contribution in [2.24, 2.45) is 12.8 Å². The van der Waals surface area contributed by atoms with Crippen molar-refractivity contribution in [3.8, 4) is 5.75 Å². The molecule has 5 heteroatoms. The molecule has 3 aromatic rings. The Morgan fingerprint density at radius 1 is 1.24 bits per heavy atom. The van der Waals surface area contributed by atoms with Crippen LogP contribution in [0.1, 0.15) is 11.7 Å². The third kappa shape index (κ3) is 3.09. The topological polar surface area (TPSA) is 53.1 Å². The Hall–Kier alpha value is -1.85. The van der Waals surface area contributed by atoms with E-state index in [0.717, 1.165) is 21.2 Å². The van der Waals surface area contributed by atoms with Gasteiger partial charge < -0.3 is 10.5 Å². The molecule has 1 heterocycles. The van der Waals surface area contributed by atoms with E-state index < -0.39 is 0 Å². The van der Waals surface area contributed by atoms with Gasteiger partial charge in [0.1, 0.15) is 11.9 Å². The molecule has 0 aliphatic heterocycles. The minimum Gasteiger partial charge on any atom is -0.484 e. The van der Waals surface area contributed by atoms with Crippen LogP contribution in [0.25, 0.3) is 10.8 Å². The lowest BCUT2D eigenvalue weighted by Crippen LogP contribution is -2.18. The van der Waals surface area contributed by atoms with Crippen molar-refractivity contribution in [3.05, 3.63) is 58.8 Å². The number of ether oxygens (including phenoxy) is 1. The standard InChI is InChI=1S/C16H16BrN3O/c1-20-10-13(9-19-20)16(8-18)21-15-5-3-11-6-14(17)4-2-12(11)7-15/h2-7,9-10,16H,8,18H2,1H3. The fourth-order valence-electron chi connectivity index (χ4n) is 2.29. The van der Waals surface area contributed by atoms with Crippen LogP contribution in [0.5, 0.6) is 5.75 Å². The van der Waals surface area contributed by atoms with Crippen LogP contribution in [0.2, 0.25) is 0 Å². The third-order valence-corrected chi connectivity index (χ3v) is 3.86. The number of fused-ring (bicyclic) bond motifs is 1. The zero-order valence-corrected chi connectivity index (χ0v) is 13.2. The molecule has 0 fully saturated rings. The van der Waals surface area contributed by atoms with Gasteiger partial charge in [0.2, 0.25) is 0 Å². The second-order valence-corrected chi connectivity index (χ2v) is 5.86. The molecule has 0 aliphatic rings. The van der Waals surface area contributed by atoms with E-state index in [-0.39, 0.29) is 6.10 Å². The van der Waals surface area contributed by atoms with E-state index in [1.807, 2.05) is 37.5 Å². The average Bonchev–Trinajstić information content (AvgIpc) is 2.91. The van der Waals surface area contributed by atoms with Crippen LogP contribution >= 0.6 is 15.9 Å². The van der Waals surface area contributed by atoms with Gasteiger partial charge in [-0.1, -0.05) is 28.1 Å². The van der Waals surface area contributed by atoms with Crippen LogP contribution < -0.4 is 10.5 Å². The van der Waals surface area contributed by atoms with Gasteiger partial charge in [0.25, 0.3) is 0 Å². The molecule has 1 unspecified atom stereocenters. The Kier molecular flexibility index (Phi) is 3.94. The van der Waals surface area contributed by atoms with Crippen LogP contribution in [-0.2, 0) is 7.05 Å². The van der Waals surface area contributed by atoms with Gasteiger partial charge in [-0.2, -0.15) is 5.10 Å². The Labute approximate surface area is 131 Å². The molecule has 2 aromatic carbocycles. The lowest BCUT2D eigenvalue weighted by Gasteiger charge is -2.16. The van der Waals surface area contributed by atoms with Crippen molar-refractivity contribution < 1.29 is 4.74 Å². The number of benzene rings is 2. The summed E-state index contributed by atoms with van der Waals surface area (Å²) in [5, 5.41) is 6.47. The van der Waals surface area contributed by atoms with Gasteiger partial charge in [-0.3, -0.25) is 4.68 Å².